The number of aliphatic hydroxyl groups is 1. The van der Waals surface area contributed by atoms with Gasteiger partial charge in [0.15, 0.2) is 0 Å². The van der Waals surface area contributed by atoms with Gasteiger partial charge in [0.2, 0.25) is 5.88 Å². The number of nitrogens with zero attached hydrogens (tertiary/aromatic N) is 1. The van der Waals surface area contributed by atoms with Crippen LogP contribution in [-0.4, -0.2) is 17.2 Å². The SMILES string of the molecule is COc1nc2ccc(Br)cc2cc1[C@H](c1ccccc1)[C@@](C)(O)c1cccc2ccccc12. The van der Waals surface area contributed by atoms with Crippen LogP contribution in [0, 0.1) is 0 Å². The fraction of sp³-hybridized carbons (Fsp3) is 0.138. The van der Waals surface area contributed by atoms with Gasteiger partial charge in [0.05, 0.1) is 18.2 Å². The van der Waals surface area contributed by atoms with Crippen LogP contribution in [0.3, 0.4) is 0 Å². The van der Waals surface area contributed by atoms with Crippen molar-refractivity contribution in [3.05, 3.63) is 118 Å². The molecule has 0 spiro atoms. The van der Waals surface area contributed by atoms with Crippen molar-refractivity contribution in [1.82, 2.24) is 4.98 Å². The number of hydrogen-bond donors (Lipinski definition) is 1. The Labute approximate surface area is 201 Å². The Bertz CT molecular complexity index is 1440. The van der Waals surface area contributed by atoms with Crippen LogP contribution in [0.1, 0.15) is 29.5 Å². The quantitative estimate of drug-likeness (QED) is 0.279. The number of pyridine rings is 1. The highest BCUT2D eigenvalue weighted by atomic mass is 79.9. The first-order chi connectivity index (χ1) is 16.0. The van der Waals surface area contributed by atoms with Crippen molar-refractivity contribution in [2.75, 3.05) is 7.11 Å². The molecule has 5 rings (SSSR count). The van der Waals surface area contributed by atoms with E-state index in [1.807, 2.05) is 67.6 Å². The standard InChI is InChI=1S/C29H24BrNO2/c1-29(32,25-14-8-12-19-9-6-7-13-23(19)25)27(20-10-4-3-5-11-20)24-18-21-17-22(30)15-16-26(21)31-28(24)33-2/h3-18,27,32H,1-2H3/t27-,29-/m0/s1. The molecule has 3 nitrogen and oxygen atoms in total. The lowest BCUT2D eigenvalue weighted by Gasteiger charge is -2.35. The Hall–Kier alpha value is -3.21. The Morgan fingerprint density at radius 2 is 1.58 bits per heavy atom. The van der Waals surface area contributed by atoms with E-state index in [-0.39, 0.29) is 0 Å². The minimum absolute atomic E-state index is 0.407. The zero-order valence-electron chi connectivity index (χ0n) is 18.5. The van der Waals surface area contributed by atoms with Crippen molar-refractivity contribution < 1.29 is 9.84 Å². The molecule has 5 aromatic rings. The molecule has 33 heavy (non-hydrogen) atoms. The van der Waals surface area contributed by atoms with Crippen molar-refractivity contribution in [1.29, 1.82) is 0 Å². The Morgan fingerprint density at radius 1 is 0.848 bits per heavy atom. The molecule has 0 aliphatic heterocycles. The smallest absolute Gasteiger partial charge is 0.217 e. The largest absolute Gasteiger partial charge is 0.481 e. The first-order valence-corrected chi connectivity index (χ1v) is 11.7. The second kappa shape index (κ2) is 8.62. The monoisotopic (exact) mass is 497 g/mol. The summed E-state index contributed by atoms with van der Waals surface area (Å²) in [4.78, 5) is 4.80. The van der Waals surface area contributed by atoms with Gasteiger partial charge in [0, 0.05) is 21.3 Å². The molecule has 1 aromatic heterocycles. The highest BCUT2D eigenvalue weighted by Crippen LogP contribution is 2.46. The highest BCUT2D eigenvalue weighted by molar-refractivity contribution is 9.10. The van der Waals surface area contributed by atoms with Gasteiger partial charge in [-0.15, -0.1) is 0 Å². The Morgan fingerprint density at radius 3 is 2.36 bits per heavy atom. The van der Waals surface area contributed by atoms with E-state index >= 15 is 0 Å². The lowest BCUT2D eigenvalue weighted by molar-refractivity contribution is 0.0399. The van der Waals surface area contributed by atoms with Crippen molar-refractivity contribution >= 4 is 37.6 Å². The third-order valence-electron chi connectivity index (χ3n) is 6.30. The zero-order valence-corrected chi connectivity index (χ0v) is 20.1. The molecule has 0 amide bonds. The summed E-state index contributed by atoms with van der Waals surface area (Å²) in [7, 11) is 1.63. The summed E-state index contributed by atoms with van der Waals surface area (Å²) < 4.78 is 6.75. The van der Waals surface area contributed by atoms with Crippen LogP contribution in [-0.2, 0) is 5.60 Å². The van der Waals surface area contributed by atoms with Gasteiger partial charge < -0.3 is 9.84 Å². The third-order valence-corrected chi connectivity index (χ3v) is 6.80. The summed E-state index contributed by atoms with van der Waals surface area (Å²) in [5.41, 5.74) is 2.30. The Balaban J connectivity index is 1.81. The lowest BCUT2D eigenvalue weighted by atomic mass is 9.73. The molecule has 0 aliphatic carbocycles. The molecule has 0 bridgehead atoms. The third kappa shape index (κ3) is 3.90. The van der Waals surface area contributed by atoms with Gasteiger partial charge in [0.25, 0.3) is 0 Å². The van der Waals surface area contributed by atoms with Gasteiger partial charge in [-0.25, -0.2) is 4.98 Å². The second-order valence-corrected chi connectivity index (χ2v) is 9.36. The van der Waals surface area contributed by atoms with Crippen LogP contribution in [0.15, 0.2) is 102 Å². The Kier molecular flexibility index (Phi) is 5.65. The van der Waals surface area contributed by atoms with E-state index in [2.05, 4.69) is 52.3 Å². The maximum atomic E-state index is 12.3. The fourth-order valence-electron chi connectivity index (χ4n) is 4.79. The number of fused-ring (bicyclic) bond motifs is 2. The highest BCUT2D eigenvalue weighted by Gasteiger charge is 2.39. The van der Waals surface area contributed by atoms with E-state index in [1.54, 1.807) is 7.11 Å². The number of benzene rings is 4. The van der Waals surface area contributed by atoms with Crippen LogP contribution >= 0.6 is 15.9 Å². The first-order valence-electron chi connectivity index (χ1n) is 10.9. The van der Waals surface area contributed by atoms with Gasteiger partial charge in [-0.3, -0.25) is 0 Å². The number of aromatic nitrogens is 1. The van der Waals surface area contributed by atoms with Crippen molar-refractivity contribution in [2.24, 2.45) is 0 Å². The molecule has 0 radical (unpaired) electrons. The van der Waals surface area contributed by atoms with Gasteiger partial charge >= 0.3 is 0 Å². The van der Waals surface area contributed by atoms with Crippen LogP contribution in [0.4, 0.5) is 0 Å². The summed E-state index contributed by atoms with van der Waals surface area (Å²) in [6.45, 7) is 1.89. The van der Waals surface area contributed by atoms with Gasteiger partial charge in [-0.05, 0) is 53.1 Å². The predicted molar refractivity (Wildman–Crippen MR) is 138 cm³/mol. The van der Waals surface area contributed by atoms with Crippen LogP contribution in [0.25, 0.3) is 21.7 Å². The summed E-state index contributed by atoms with van der Waals surface area (Å²) in [5, 5.41) is 15.4. The van der Waals surface area contributed by atoms with Crippen molar-refractivity contribution in [3.63, 3.8) is 0 Å². The topological polar surface area (TPSA) is 42.4 Å². The maximum Gasteiger partial charge on any atom is 0.217 e. The second-order valence-electron chi connectivity index (χ2n) is 8.44. The van der Waals surface area contributed by atoms with E-state index < -0.39 is 11.5 Å². The number of hydrogen-bond acceptors (Lipinski definition) is 3. The summed E-state index contributed by atoms with van der Waals surface area (Å²) in [6, 6.07) is 32.4. The molecular weight excluding hydrogens is 474 g/mol. The van der Waals surface area contributed by atoms with Gasteiger partial charge in [-0.2, -0.15) is 0 Å². The molecule has 0 saturated carbocycles. The van der Waals surface area contributed by atoms with Crippen LogP contribution < -0.4 is 4.74 Å². The van der Waals surface area contributed by atoms with E-state index in [1.165, 1.54) is 0 Å². The average Bonchev–Trinajstić information content (AvgIpc) is 2.84. The molecule has 2 atom stereocenters. The van der Waals surface area contributed by atoms with Crippen molar-refractivity contribution in [2.45, 2.75) is 18.4 Å². The molecule has 0 saturated heterocycles. The summed E-state index contributed by atoms with van der Waals surface area (Å²) in [5.74, 6) is 0.106. The molecule has 4 heteroatoms. The van der Waals surface area contributed by atoms with E-state index in [9.17, 15) is 5.11 Å². The minimum Gasteiger partial charge on any atom is -0.481 e. The van der Waals surface area contributed by atoms with Gasteiger partial charge in [0.1, 0.15) is 0 Å². The number of halogens is 1. The average molecular weight is 498 g/mol. The molecule has 0 fully saturated rings. The predicted octanol–water partition coefficient (Wildman–Crippen LogP) is 7.20. The molecule has 4 aromatic carbocycles. The number of rotatable bonds is 5. The minimum atomic E-state index is -1.24. The number of ether oxygens (including phenoxy) is 1. The zero-order chi connectivity index (χ0) is 23.0. The summed E-state index contributed by atoms with van der Waals surface area (Å²) in [6.07, 6.45) is 0. The van der Waals surface area contributed by atoms with Crippen LogP contribution in [0.5, 0.6) is 5.88 Å². The molecule has 1 heterocycles. The summed E-state index contributed by atoms with van der Waals surface area (Å²) >= 11 is 3.57. The molecule has 0 unspecified atom stereocenters. The lowest BCUT2D eigenvalue weighted by Crippen LogP contribution is -2.31. The molecule has 164 valence electrons. The maximum absolute atomic E-state index is 12.3. The normalized spacial score (nSPS) is 14.2. The van der Waals surface area contributed by atoms with Gasteiger partial charge in [-0.1, -0.05) is 88.7 Å². The molecule has 0 aliphatic rings. The fourth-order valence-corrected chi connectivity index (χ4v) is 5.17. The molecule has 1 N–H and O–H groups in total. The van der Waals surface area contributed by atoms with E-state index in [0.29, 0.717) is 5.88 Å². The van der Waals surface area contributed by atoms with Crippen LogP contribution in [0.2, 0.25) is 0 Å². The number of methoxy groups -OCH3 is 1. The van der Waals surface area contributed by atoms with E-state index in [4.69, 9.17) is 9.72 Å². The van der Waals surface area contributed by atoms with Crippen molar-refractivity contribution in [3.8, 4) is 5.88 Å². The first kappa shape index (κ1) is 21.6. The van der Waals surface area contributed by atoms with E-state index in [0.717, 1.165) is 42.8 Å². The molecular formula is C29H24BrNO2.